The number of ether oxygens (including phenoxy) is 1. The minimum Gasteiger partial charge on any atom is -0.468 e. The number of nitrogens with zero attached hydrogens (tertiary/aromatic N) is 2. The molecule has 0 aromatic heterocycles. The first kappa shape index (κ1) is 27.4. The van der Waals surface area contributed by atoms with Crippen LogP contribution in [-0.4, -0.2) is 62.3 Å². The van der Waals surface area contributed by atoms with E-state index < -0.39 is 22.0 Å². The van der Waals surface area contributed by atoms with Crippen LogP contribution in [0.15, 0.2) is 57.9 Å². The van der Waals surface area contributed by atoms with Gasteiger partial charge < -0.3 is 9.64 Å². The third-order valence-corrected chi connectivity index (χ3v) is 8.68. The van der Waals surface area contributed by atoms with E-state index in [4.69, 9.17) is 4.74 Å². The Morgan fingerprint density at radius 3 is 2.14 bits per heavy atom. The highest BCUT2D eigenvalue weighted by Crippen LogP contribution is 2.27. The number of rotatable bonds is 11. The number of benzene rings is 2. The molecule has 0 aliphatic carbocycles. The number of hydrogen-bond donors (Lipinski definition) is 0. The second-order valence-electron chi connectivity index (χ2n) is 8.73. The third-order valence-electron chi connectivity index (χ3n) is 6.28. The van der Waals surface area contributed by atoms with Crippen molar-refractivity contribution in [2.45, 2.75) is 56.4 Å². The molecular formula is C26H33BrN2O5S. The smallest absolute Gasteiger partial charge is 0.326 e. The standard InChI is InChI=1S/C26H33BrN2O5S/c1-3-4-5-6-7-8-17-28-18-24(26(31)34-2)29(19-25(28)30)35(32,33)23-15-11-21(12-16-23)20-9-13-22(27)14-10-20/h9-16,24H,3-8,17-19H2,1-2H3. The van der Waals surface area contributed by atoms with Crippen LogP contribution in [0.4, 0.5) is 0 Å². The van der Waals surface area contributed by atoms with Crippen LogP contribution in [0.3, 0.4) is 0 Å². The predicted molar refractivity (Wildman–Crippen MR) is 139 cm³/mol. The zero-order chi connectivity index (χ0) is 25.4. The lowest BCUT2D eigenvalue weighted by molar-refractivity contribution is -0.151. The number of carbonyl (C=O) groups is 2. The highest BCUT2D eigenvalue weighted by Gasteiger charge is 2.43. The summed E-state index contributed by atoms with van der Waals surface area (Å²) < 4.78 is 33.8. The molecule has 1 saturated heterocycles. The molecule has 0 N–H and O–H groups in total. The maximum atomic E-state index is 13.5. The van der Waals surface area contributed by atoms with Crippen LogP contribution in [0.1, 0.15) is 45.4 Å². The minimum atomic E-state index is -4.09. The van der Waals surface area contributed by atoms with Crippen molar-refractivity contribution in [3.63, 3.8) is 0 Å². The van der Waals surface area contributed by atoms with Crippen molar-refractivity contribution in [2.75, 3.05) is 26.7 Å². The topological polar surface area (TPSA) is 84.0 Å². The molecule has 0 spiro atoms. The fraction of sp³-hybridized carbons (Fsp3) is 0.462. The normalized spacial score (nSPS) is 16.9. The van der Waals surface area contributed by atoms with Crippen LogP contribution >= 0.6 is 15.9 Å². The van der Waals surface area contributed by atoms with Crippen LogP contribution in [-0.2, 0) is 24.3 Å². The molecule has 1 heterocycles. The lowest BCUT2D eigenvalue weighted by atomic mass is 10.1. The molecule has 1 unspecified atom stereocenters. The van der Waals surface area contributed by atoms with Gasteiger partial charge in [-0.3, -0.25) is 9.59 Å². The monoisotopic (exact) mass is 564 g/mol. The molecule has 3 rings (SSSR count). The number of sulfonamides is 1. The maximum Gasteiger partial charge on any atom is 0.326 e. The number of piperazine rings is 1. The molecule has 9 heteroatoms. The Morgan fingerprint density at radius 2 is 1.54 bits per heavy atom. The van der Waals surface area contributed by atoms with E-state index >= 15 is 0 Å². The maximum absolute atomic E-state index is 13.5. The Hall–Kier alpha value is -2.23. The second kappa shape index (κ2) is 12.6. The number of carbonyl (C=O) groups excluding carboxylic acids is 2. The summed E-state index contributed by atoms with van der Waals surface area (Å²) in [5.41, 5.74) is 1.81. The van der Waals surface area contributed by atoms with E-state index in [9.17, 15) is 18.0 Å². The van der Waals surface area contributed by atoms with Gasteiger partial charge in [-0.25, -0.2) is 8.42 Å². The summed E-state index contributed by atoms with van der Waals surface area (Å²) in [5, 5.41) is 0. The van der Waals surface area contributed by atoms with Crippen molar-refractivity contribution in [3.05, 3.63) is 53.0 Å². The lowest BCUT2D eigenvalue weighted by Crippen LogP contribution is -2.60. The summed E-state index contributed by atoms with van der Waals surface area (Å²) in [4.78, 5) is 27.0. The van der Waals surface area contributed by atoms with E-state index in [1.165, 1.54) is 38.5 Å². The molecule has 1 aliphatic heterocycles. The second-order valence-corrected chi connectivity index (χ2v) is 11.5. The van der Waals surface area contributed by atoms with Gasteiger partial charge in [-0.1, -0.05) is 79.2 Å². The zero-order valence-electron chi connectivity index (χ0n) is 20.3. The van der Waals surface area contributed by atoms with Crippen LogP contribution in [0, 0.1) is 0 Å². The van der Waals surface area contributed by atoms with Crippen molar-refractivity contribution >= 4 is 37.8 Å². The molecule has 1 atom stereocenters. The van der Waals surface area contributed by atoms with Gasteiger partial charge in [0.15, 0.2) is 0 Å². The first-order valence-electron chi connectivity index (χ1n) is 12.0. The highest BCUT2D eigenvalue weighted by atomic mass is 79.9. The van der Waals surface area contributed by atoms with Crippen LogP contribution in [0.2, 0.25) is 0 Å². The molecule has 190 valence electrons. The Bertz CT molecular complexity index is 1100. The van der Waals surface area contributed by atoms with Gasteiger partial charge in [0.05, 0.1) is 18.6 Å². The summed E-state index contributed by atoms with van der Waals surface area (Å²) in [5.74, 6) is -0.964. The van der Waals surface area contributed by atoms with E-state index in [0.717, 1.165) is 39.2 Å². The number of halogens is 1. The number of unbranched alkanes of at least 4 members (excludes halogenated alkanes) is 5. The minimum absolute atomic E-state index is 0.00330. The van der Waals surface area contributed by atoms with Crippen LogP contribution in [0.25, 0.3) is 11.1 Å². The summed E-state index contributed by atoms with van der Waals surface area (Å²) in [6.07, 6.45) is 6.47. The van der Waals surface area contributed by atoms with Crippen LogP contribution in [0.5, 0.6) is 0 Å². The number of hydrogen-bond acceptors (Lipinski definition) is 5. The largest absolute Gasteiger partial charge is 0.468 e. The Labute approximate surface area is 216 Å². The first-order chi connectivity index (χ1) is 16.8. The quantitative estimate of drug-likeness (QED) is 0.287. The molecular weight excluding hydrogens is 532 g/mol. The zero-order valence-corrected chi connectivity index (χ0v) is 22.7. The van der Waals surface area contributed by atoms with Gasteiger partial charge >= 0.3 is 5.97 Å². The molecule has 1 amide bonds. The summed E-state index contributed by atoms with van der Waals surface area (Å²) in [7, 11) is -2.86. The van der Waals surface area contributed by atoms with Gasteiger partial charge in [0.1, 0.15) is 6.04 Å². The van der Waals surface area contributed by atoms with E-state index in [-0.39, 0.29) is 23.9 Å². The molecule has 35 heavy (non-hydrogen) atoms. The van der Waals surface area contributed by atoms with Crippen molar-refractivity contribution in [1.82, 2.24) is 9.21 Å². The number of esters is 1. The van der Waals surface area contributed by atoms with E-state index in [2.05, 4.69) is 22.9 Å². The average molecular weight is 566 g/mol. The number of amides is 1. The predicted octanol–water partition coefficient (Wildman–Crippen LogP) is 4.85. The summed E-state index contributed by atoms with van der Waals surface area (Å²) in [6.45, 7) is 2.29. The van der Waals surface area contributed by atoms with Gasteiger partial charge in [0.25, 0.3) is 0 Å². The van der Waals surface area contributed by atoms with Gasteiger partial charge in [0, 0.05) is 17.6 Å². The summed E-state index contributed by atoms with van der Waals surface area (Å²) >= 11 is 3.40. The lowest BCUT2D eigenvalue weighted by Gasteiger charge is -2.38. The van der Waals surface area contributed by atoms with Crippen LogP contribution < -0.4 is 0 Å². The third kappa shape index (κ3) is 6.92. The van der Waals surface area contributed by atoms with Gasteiger partial charge in [0.2, 0.25) is 15.9 Å². The number of methoxy groups -OCH3 is 1. The molecule has 2 aromatic carbocycles. The average Bonchev–Trinajstić information content (AvgIpc) is 2.86. The molecule has 1 fully saturated rings. The van der Waals surface area contributed by atoms with Crippen molar-refractivity contribution < 1.29 is 22.7 Å². The van der Waals surface area contributed by atoms with Crippen molar-refractivity contribution in [1.29, 1.82) is 0 Å². The Morgan fingerprint density at radius 1 is 0.971 bits per heavy atom. The van der Waals surface area contributed by atoms with Gasteiger partial charge in [-0.05, 0) is 41.8 Å². The first-order valence-corrected chi connectivity index (χ1v) is 14.2. The van der Waals surface area contributed by atoms with Gasteiger partial charge in [-0.2, -0.15) is 4.31 Å². The fourth-order valence-electron chi connectivity index (χ4n) is 4.22. The summed E-state index contributed by atoms with van der Waals surface area (Å²) in [6, 6.07) is 13.1. The Kier molecular flexibility index (Phi) is 9.89. The van der Waals surface area contributed by atoms with E-state index in [1.807, 2.05) is 24.3 Å². The highest BCUT2D eigenvalue weighted by molar-refractivity contribution is 9.10. The molecule has 0 radical (unpaired) electrons. The molecule has 0 bridgehead atoms. The molecule has 7 nitrogen and oxygen atoms in total. The van der Waals surface area contributed by atoms with E-state index in [1.54, 1.807) is 17.0 Å². The SMILES string of the molecule is CCCCCCCCN1CC(C(=O)OC)N(S(=O)(=O)c2ccc(-c3ccc(Br)cc3)cc2)CC1=O. The molecule has 1 aliphatic rings. The fourth-order valence-corrected chi connectivity index (χ4v) is 6.01. The van der Waals surface area contributed by atoms with Crippen molar-refractivity contribution in [3.8, 4) is 11.1 Å². The van der Waals surface area contributed by atoms with Crippen molar-refractivity contribution in [2.24, 2.45) is 0 Å². The Balaban J connectivity index is 1.74. The molecule has 2 aromatic rings. The van der Waals surface area contributed by atoms with Gasteiger partial charge in [-0.15, -0.1) is 0 Å². The van der Waals surface area contributed by atoms with E-state index in [0.29, 0.717) is 6.54 Å². The molecule has 0 saturated carbocycles.